The summed E-state index contributed by atoms with van der Waals surface area (Å²) in [6, 6.07) is 5.41. The molecule has 2 N–H and O–H groups in total. The average molecular weight is 238 g/mol. The van der Waals surface area contributed by atoms with Gasteiger partial charge in [-0.25, -0.2) is 4.39 Å². The van der Waals surface area contributed by atoms with Crippen molar-refractivity contribution in [1.29, 1.82) is 0 Å². The first kappa shape index (κ1) is 12.2. The van der Waals surface area contributed by atoms with Crippen molar-refractivity contribution in [2.45, 2.75) is 18.9 Å². The summed E-state index contributed by atoms with van der Waals surface area (Å²) in [6.45, 7) is 0.930. The van der Waals surface area contributed by atoms with Gasteiger partial charge in [-0.2, -0.15) is 0 Å². The van der Waals surface area contributed by atoms with Gasteiger partial charge in [0.15, 0.2) is 11.6 Å². The van der Waals surface area contributed by atoms with Crippen LogP contribution in [0, 0.1) is 11.7 Å². The molecule has 3 nitrogen and oxygen atoms in total. The second-order valence-corrected chi connectivity index (χ2v) is 4.80. The Morgan fingerprint density at radius 3 is 2.71 bits per heavy atom. The molecule has 0 heterocycles. The Labute approximate surface area is 101 Å². The Kier molecular flexibility index (Phi) is 3.52. The molecule has 1 aliphatic carbocycles. The molecule has 0 bridgehead atoms. The van der Waals surface area contributed by atoms with Crippen LogP contribution in [0.15, 0.2) is 18.2 Å². The van der Waals surface area contributed by atoms with Crippen molar-refractivity contribution in [3.63, 3.8) is 0 Å². The highest BCUT2D eigenvalue weighted by molar-refractivity contribution is 5.49. The van der Waals surface area contributed by atoms with E-state index < -0.39 is 0 Å². The van der Waals surface area contributed by atoms with Crippen LogP contribution >= 0.6 is 0 Å². The largest absolute Gasteiger partial charge is 0.494 e. The molecule has 4 heteroatoms. The summed E-state index contributed by atoms with van der Waals surface area (Å²) >= 11 is 0. The summed E-state index contributed by atoms with van der Waals surface area (Å²) in [5.74, 6) is 0.607. The zero-order valence-corrected chi connectivity index (χ0v) is 10.3. The summed E-state index contributed by atoms with van der Waals surface area (Å²) in [4.78, 5) is 2.07. The molecule has 1 aliphatic rings. The van der Waals surface area contributed by atoms with Crippen LogP contribution in [0.3, 0.4) is 0 Å². The summed E-state index contributed by atoms with van der Waals surface area (Å²) in [6.07, 6.45) is 2.14. The van der Waals surface area contributed by atoms with Gasteiger partial charge in [0.1, 0.15) is 0 Å². The van der Waals surface area contributed by atoms with Gasteiger partial charge in [0.05, 0.1) is 7.11 Å². The number of anilines is 1. The van der Waals surface area contributed by atoms with Crippen molar-refractivity contribution >= 4 is 5.69 Å². The van der Waals surface area contributed by atoms with Gasteiger partial charge in [-0.05, 0) is 30.9 Å². The van der Waals surface area contributed by atoms with Crippen LogP contribution in [0.25, 0.3) is 0 Å². The van der Waals surface area contributed by atoms with E-state index in [-0.39, 0.29) is 11.6 Å². The third-order valence-corrected chi connectivity index (χ3v) is 3.38. The van der Waals surface area contributed by atoms with Gasteiger partial charge < -0.3 is 15.4 Å². The second kappa shape index (κ2) is 4.92. The third-order valence-electron chi connectivity index (χ3n) is 3.38. The van der Waals surface area contributed by atoms with E-state index in [4.69, 9.17) is 10.5 Å². The molecule has 0 amide bonds. The number of ether oxygens (including phenoxy) is 1. The number of hydrogen-bond donors (Lipinski definition) is 1. The van der Waals surface area contributed by atoms with Gasteiger partial charge in [0.25, 0.3) is 0 Å². The zero-order valence-electron chi connectivity index (χ0n) is 10.3. The Bertz CT molecular complexity index is 391. The quantitative estimate of drug-likeness (QED) is 0.872. The smallest absolute Gasteiger partial charge is 0.167 e. The van der Waals surface area contributed by atoms with E-state index in [1.165, 1.54) is 13.2 Å². The van der Waals surface area contributed by atoms with Crippen molar-refractivity contribution in [1.82, 2.24) is 0 Å². The van der Waals surface area contributed by atoms with Crippen LogP contribution in [0.4, 0.5) is 10.1 Å². The highest BCUT2D eigenvalue weighted by Gasteiger charge is 2.26. The molecule has 0 aliphatic heterocycles. The lowest BCUT2D eigenvalue weighted by Gasteiger charge is -2.36. The van der Waals surface area contributed by atoms with Gasteiger partial charge in [-0.3, -0.25) is 0 Å². The SMILES string of the molecule is COc1ccc(N(C)CC2CC(N)C2)cc1F. The molecule has 0 aromatic heterocycles. The van der Waals surface area contributed by atoms with E-state index in [0.29, 0.717) is 12.0 Å². The fourth-order valence-corrected chi connectivity index (χ4v) is 2.32. The maximum absolute atomic E-state index is 13.5. The monoisotopic (exact) mass is 238 g/mol. The Balaban J connectivity index is 1.99. The van der Waals surface area contributed by atoms with Crippen LogP contribution < -0.4 is 15.4 Å². The van der Waals surface area contributed by atoms with Gasteiger partial charge in [0, 0.05) is 31.4 Å². The van der Waals surface area contributed by atoms with Gasteiger partial charge >= 0.3 is 0 Å². The highest BCUT2D eigenvalue weighted by atomic mass is 19.1. The van der Waals surface area contributed by atoms with E-state index >= 15 is 0 Å². The van der Waals surface area contributed by atoms with Crippen molar-refractivity contribution in [3.8, 4) is 5.75 Å². The second-order valence-electron chi connectivity index (χ2n) is 4.80. The lowest BCUT2D eigenvalue weighted by Crippen LogP contribution is -2.41. The van der Waals surface area contributed by atoms with E-state index in [2.05, 4.69) is 4.90 Å². The molecule has 1 fully saturated rings. The first-order chi connectivity index (χ1) is 8.10. The highest BCUT2D eigenvalue weighted by Crippen LogP contribution is 2.29. The first-order valence-corrected chi connectivity index (χ1v) is 5.90. The maximum atomic E-state index is 13.5. The van der Waals surface area contributed by atoms with Crippen molar-refractivity contribution < 1.29 is 9.13 Å². The molecule has 0 unspecified atom stereocenters. The number of nitrogens with zero attached hydrogens (tertiary/aromatic N) is 1. The third kappa shape index (κ3) is 2.69. The Morgan fingerprint density at radius 2 is 2.18 bits per heavy atom. The predicted octanol–water partition coefficient (Wildman–Crippen LogP) is 2.01. The minimum absolute atomic E-state index is 0.285. The van der Waals surface area contributed by atoms with E-state index in [0.717, 1.165) is 25.1 Å². The molecule has 94 valence electrons. The van der Waals surface area contributed by atoms with E-state index in [9.17, 15) is 4.39 Å². The summed E-state index contributed by atoms with van der Waals surface area (Å²) in [5.41, 5.74) is 6.63. The number of methoxy groups -OCH3 is 1. The molecule has 1 saturated carbocycles. The Hall–Kier alpha value is -1.29. The predicted molar refractivity (Wildman–Crippen MR) is 66.9 cm³/mol. The maximum Gasteiger partial charge on any atom is 0.167 e. The van der Waals surface area contributed by atoms with Crippen molar-refractivity contribution in [2.75, 3.05) is 25.6 Å². The zero-order chi connectivity index (χ0) is 12.4. The molecule has 17 heavy (non-hydrogen) atoms. The lowest BCUT2D eigenvalue weighted by atomic mass is 9.80. The van der Waals surface area contributed by atoms with E-state index in [1.54, 1.807) is 6.07 Å². The molecule has 0 spiro atoms. The molecular weight excluding hydrogens is 219 g/mol. The molecular formula is C13H19FN2O. The molecule has 1 aromatic rings. The van der Waals surface area contributed by atoms with Crippen LogP contribution in [-0.4, -0.2) is 26.7 Å². The molecule has 0 saturated heterocycles. The fourth-order valence-electron chi connectivity index (χ4n) is 2.32. The average Bonchev–Trinajstić information content (AvgIpc) is 2.26. The van der Waals surface area contributed by atoms with Crippen LogP contribution in [0.1, 0.15) is 12.8 Å². The topological polar surface area (TPSA) is 38.5 Å². The van der Waals surface area contributed by atoms with Gasteiger partial charge in [-0.1, -0.05) is 0 Å². The number of nitrogens with two attached hydrogens (primary N) is 1. The molecule has 1 aromatic carbocycles. The lowest BCUT2D eigenvalue weighted by molar-refractivity contribution is 0.271. The van der Waals surface area contributed by atoms with Crippen molar-refractivity contribution in [2.24, 2.45) is 11.7 Å². The minimum Gasteiger partial charge on any atom is -0.494 e. The van der Waals surface area contributed by atoms with Crippen LogP contribution in [0.2, 0.25) is 0 Å². The molecule has 2 rings (SSSR count). The number of benzene rings is 1. The number of halogens is 1. The Morgan fingerprint density at radius 1 is 1.47 bits per heavy atom. The summed E-state index contributed by atoms with van der Waals surface area (Å²) in [7, 11) is 3.45. The van der Waals surface area contributed by atoms with Crippen LogP contribution in [0.5, 0.6) is 5.75 Å². The first-order valence-electron chi connectivity index (χ1n) is 5.90. The van der Waals surface area contributed by atoms with E-state index in [1.807, 2.05) is 13.1 Å². The normalized spacial score (nSPS) is 23.1. The summed E-state index contributed by atoms with van der Waals surface area (Å²) < 4.78 is 18.4. The van der Waals surface area contributed by atoms with Crippen LogP contribution in [-0.2, 0) is 0 Å². The van der Waals surface area contributed by atoms with Gasteiger partial charge in [-0.15, -0.1) is 0 Å². The standard InChI is InChI=1S/C13H19FN2O/c1-16(8-9-5-10(15)6-9)11-3-4-13(17-2)12(14)7-11/h3-4,7,9-10H,5-6,8,15H2,1-2H3. The number of hydrogen-bond acceptors (Lipinski definition) is 3. The van der Waals surface area contributed by atoms with Gasteiger partial charge in [0.2, 0.25) is 0 Å². The molecule has 0 atom stereocenters. The minimum atomic E-state index is -0.317. The number of rotatable bonds is 4. The fraction of sp³-hybridized carbons (Fsp3) is 0.538. The molecule has 0 radical (unpaired) electrons. The van der Waals surface area contributed by atoms with Crippen molar-refractivity contribution in [3.05, 3.63) is 24.0 Å². The summed E-state index contributed by atoms with van der Waals surface area (Å²) in [5, 5.41) is 0.